The molecule has 0 atom stereocenters. The van der Waals surface area contributed by atoms with Crippen LogP contribution in [0.2, 0.25) is 0 Å². The molecule has 176 valence electrons. The minimum Gasteiger partial charge on any atom is -0.368 e. The van der Waals surface area contributed by atoms with Gasteiger partial charge in [-0.25, -0.2) is 8.42 Å². The van der Waals surface area contributed by atoms with Crippen molar-refractivity contribution in [2.45, 2.75) is 37.5 Å². The maximum absolute atomic E-state index is 12.9. The molecule has 4 rings (SSSR count). The van der Waals surface area contributed by atoms with Crippen molar-refractivity contribution in [3.63, 3.8) is 0 Å². The molecule has 2 aromatic rings. The Morgan fingerprint density at radius 2 is 1.52 bits per heavy atom. The lowest BCUT2D eigenvalue weighted by Crippen LogP contribution is -2.48. The maximum Gasteiger partial charge on any atom is 0.246 e. The van der Waals surface area contributed by atoms with E-state index in [2.05, 4.69) is 36.1 Å². The summed E-state index contributed by atoms with van der Waals surface area (Å²) in [6.07, 6.45) is 7.36. The lowest BCUT2D eigenvalue weighted by Gasteiger charge is -2.35. The van der Waals surface area contributed by atoms with Crippen molar-refractivity contribution in [3.05, 3.63) is 65.7 Å². The van der Waals surface area contributed by atoms with E-state index in [4.69, 9.17) is 0 Å². The summed E-state index contributed by atoms with van der Waals surface area (Å²) in [5.41, 5.74) is 3.25. The van der Waals surface area contributed by atoms with E-state index in [9.17, 15) is 13.2 Å². The number of benzene rings is 2. The Kier molecular flexibility index (Phi) is 7.50. The summed E-state index contributed by atoms with van der Waals surface area (Å²) in [6, 6.07) is 15.3. The summed E-state index contributed by atoms with van der Waals surface area (Å²) in [6.45, 7) is 6.27. The van der Waals surface area contributed by atoms with Crippen LogP contribution in [0, 0.1) is 6.92 Å². The summed E-state index contributed by atoms with van der Waals surface area (Å²) >= 11 is 0. The minimum atomic E-state index is -3.45. The fourth-order valence-corrected chi connectivity index (χ4v) is 5.98. The number of rotatable bonds is 5. The molecule has 0 N–H and O–H groups in total. The number of hydrogen-bond donors (Lipinski definition) is 0. The third kappa shape index (κ3) is 5.84. The first-order chi connectivity index (χ1) is 15.9. The van der Waals surface area contributed by atoms with Crippen LogP contribution in [0.15, 0.2) is 59.5 Å². The largest absolute Gasteiger partial charge is 0.368 e. The van der Waals surface area contributed by atoms with Crippen molar-refractivity contribution >= 4 is 27.7 Å². The third-order valence-corrected chi connectivity index (χ3v) is 8.37. The van der Waals surface area contributed by atoms with Gasteiger partial charge < -0.3 is 9.80 Å². The number of aryl methyl sites for hydroxylation is 1. The van der Waals surface area contributed by atoms with Crippen LogP contribution in [-0.4, -0.2) is 62.8 Å². The molecule has 1 amide bonds. The smallest absolute Gasteiger partial charge is 0.246 e. The van der Waals surface area contributed by atoms with Gasteiger partial charge in [-0.15, -0.1) is 0 Å². The van der Waals surface area contributed by atoms with Crippen LogP contribution in [-0.2, 0) is 14.8 Å². The van der Waals surface area contributed by atoms with E-state index in [1.807, 2.05) is 4.90 Å². The van der Waals surface area contributed by atoms with Gasteiger partial charge in [-0.3, -0.25) is 4.79 Å². The van der Waals surface area contributed by atoms with E-state index in [0.717, 1.165) is 44.3 Å². The monoisotopic (exact) mass is 467 g/mol. The van der Waals surface area contributed by atoms with Gasteiger partial charge in [-0.1, -0.05) is 37.1 Å². The first-order valence-electron chi connectivity index (χ1n) is 11.8. The average Bonchev–Trinajstić information content (AvgIpc) is 3.13. The SMILES string of the molecule is Cc1cccc(N2CCN(C(=O)/C=C/c3ccc(S(=O)(=O)N4CCCCCC4)cc3)CC2)c1. The molecule has 0 spiro atoms. The molecule has 0 aliphatic carbocycles. The first-order valence-corrected chi connectivity index (χ1v) is 13.3. The molecular formula is C26H33N3O3S. The van der Waals surface area contributed by atoms with Crippen LogP contribution in [0.3, 0.4) is 0 Å². The Morgan fingerprint density at radius 3 is 2.15 bits per heavy atom. The molecule has 2 aliphatic heterocycles. The zero-order chi connectivity index (χ0) is 23.3. The van der Waals surface area contributed by atoms with Crippen molar-refractivity contribution in [1.29, 1.82) is 0 Å². The Balaban J connectivity index is 1.33. The van der Waals surface area contributed by atoms with Gasteiger partial charge >= 0.3 is 0 Å². The third-order valence-electron chi connectivity index (χ3n) is 6.46. The highest BCUT2D eigenvalue weighted by atomic mass is 32.2. The van der Waals surface area contributed by atoms with Crippen molar-refractivity contribution in [1.82, 2.24) is 9.21 Å². The highest BCUT2D eigenvalue weighted by Crippen LogP contribution is 2.21. The van der Waals surface area contributed by atoms with Crippen molar-refractivity contribution in [2.75, 3.05) is 44.2 Å². The van der Waals surface area contributed by atoms with E-state index in [1.165, 1.54) is 11.3 Å². The van der Waals surface area contributed by atoms with Crippen molar-refractivity contribution in [3.8, 4) is 0 Å². The number of hydrogen-bond acceptors (Lipinski definition) is 4. The fraction of sp³-hybridized carbons (Fsp3) is 0.423. The molecule has 0 aromatic heterocycles. The van der Waals surface area contributed by atoms with Crippen LogP contribution in [0.25, 0.3) is 6.08 Å². The zero-order valence-corrected chi connectivity index (χ0v) is 20.1. The lowest BCUT2D eigenvalue weighted by atomic mass is 10.2. The van der Waals surface area contributed by atoms with Gasteiger partial charge in [0.25, 0.3) is 0 Å². The Labute approximate surface area is 197 Å². The molecule has 0 unspecified atom stereocenters. The van der Waals surface area contributed by atoms with Gasteiger partial charge in [-0.05, 0) is 61.2 Å². The summed E-state index contributed by atoms with van der Waals surface area (Å²) < 4.78 is 27.4. The number of piperazine rings is 1. The highest BCUT2D eigenvalue weighted by molar-refractivity contribution is 7.89. The van der Waals surface area contributed by atoms with E-state index in [1.54, 1.807) is 40.7 Å². The number of amides is 1. The number of anilines is 1. The van der Waals surface area contributed by atoms with E-state index >= 15 is 0 Å². The normalized spacial score (nSPS) is 18.5. The molecule has 6 nitrogen and oxygen atoms in total. The second-order valence-corrected chi connectivity index (χ2v) is 10.8. The van der Waals surface area contributed by atoms with Crippen LogP contribution >= 0.6 is 0 Å². The van der Waals surface area contributed by atoms with E-state index in [0.29, 0.717) is 31.1 Å². The molecule has 2 fully saturated rings. The zero-order valence-electron chi connectivity index (χ0n) is 19.3. The van der Waals surface area contributed by atoms with Crippen molar-refractivity contribution in [2.24, 2.45) is 0 Å². The summed E-state index contributed by atoms with van der Waals surface area (Å²) in [4.78, 5) is 17.1. The molecule has 2 saturated heterocycles. The lowest BCUT2D eigenvalue weighted by molar-refractivity contribution is -0.126. The van der Waals surface area contributed by atoms with Gasteiger partial charge in [0.15, 0.2) is 0 Å². The minimum absolute atomic E-state index is 0.0137. The second-order valence-electron chi connectivity index (χ2n) is 8.87. The average molecular weight is 468 g/mol. The van der Waals surface area contributed by atoms with Gasteiger partial charge in [0, 0.05) is 51.0 Å². The molecule has 2 aromatic carbocycles. The fourth-order valence-electron chi connectivity index (χ4n) is 4.46. The predicted octanol–water partition coefficient (Wildman–Crippen LogP) is 3.92. The molecule has 33 heavy (non-hydrogen) atoms. The second kappa shape index (κ2) is 10.5. The van der Waals surface area contributed by atoms with Gasteiger partial charge in [0.05, 0.1) is 4.90 Å². The summed E-state index contributed by atoms with van der Waals surface area (Å²) in [7, 11) is -3.45. The van der Waals surface area contributed by atoms with Crippen molar-refractivity contribution < 1.29 is 13.2 Å². The van der Waals surface area contributed by atoms with Gasteiger partial charge in [-0.2, -0.15) is 4.31 Å². The molecule has 2 heterocycles. The maximum atomic E-state index is 12.9. The predicted molar refractivity (Wildman–Crippen MR) is 133 cm³/mol. The van der Waals surface area contributed by atoms with Crippen LogP contribution in [0.5, 0.6) is 0 Å². The molecule has 0 saturated carbocycles. The van der Waals surface area contributed by atoms with Gasteiger partial charge in [0.1, 0.15) is 0 Å². The Hall–Kier alpha value is -2.64. The topological polar surface area (TPSA) is 60.9 Å². The number of nitrogens with zero attached hydrogens (tertiary/aromatic N) is 3. The molecular weight excluding hydrogens is 434 g/mol. The number of carbonyl (C=O) groups excluding carboxylic acids is 1. The Bertz CT molecular complexity index is 1080. The summed E-state index contributed by atoms with van der Waals surface area (Å²) in [5.74, 6) is -0.0137. The molecule has 7 heteroatoms. The van der Waals surface area contributed by atoms with Crippen LogP contribution < -0.4 is 4.90 Å². The number of sulfonamides is 1. The van der Waals surface area contributed by atoms with Crippen LogP contribution in [0.1, 0.15) is 36.8 Å². The van der Waals surface area contributed by atoms with Gasteiger partial charge in [0.2, 0.25) is 15.9 Å². The van der Waals surface area contributed by atoms with Crippen LogP contribution in [0.4, 0.5) is 5.69 Å². The standard InChI is InChI=1S/C26H33N3O3S/c1-22-7-6-8-24(21-22)27-17-19-28(20-18-27)26(30)14-11-23-9-12-25(13-10-23)33(31,32)29-15-4-2-3-5-16-29/h6-14,21H,2-5,15-20H2,1H3/b14-11+. The first kappa shape index (κ1) is 23.5. The molecule has 2 aliphatic rings. The van der Waals surface area contributed by atoms with E-state index < -0.39 is 10.0 Å². The quantitative estimate of drug-likeness (QED) is 0.626. The molecule has 0 radical (unpaired) electrons. The highest BCUT2D eigenvalue weighted by Gasteiger charge is 2.25. The van der Waals surface area contributed by atoms with E-state index in [-0.39, 0.29) is 5.91 Å². The summed E-state index contributed by atoms with van der Waals surface area (Å²) in [5, 5.41) is 0. The Morgan fingerprint density at radius 1 is 0.848 bits per heavy atom. The molecule has 0 bridgehead atoms. The number of carbonyl (C=O) groups is 1.